The molecule has 1 amide bonds. The van der Waals surface area contributed by atoms with Gasteiger partial charge in [-0.25, -0.2) is 4.39 Å². The Morgan fingerprint density at radius 3 is 2.35 bits per heavy atom. The van der Waals surface area contributed by atoms with E-state index in [0.717, 1.165) is 0 Å². The number of nitrogens with zero attached hydrogens (tertiary/aromatic N) is 3. The van der Waals surface area contributed by atoms with Crippen LogP contribution in [0.25, 0.3) is 11.5 Å². The lowest BCUT2D eigenvalue weighted by Crippen LogP contribution is -2.33. The van der Waals surface area contributed by atoms with Crippen LogP contribution in [0.1, 0.15) is 51.5 Å². The number of hydrogen-bond donors (Lipinski definition) is 1. The lowest BCUT2D eigenvalue weighted by atomic mass is 9.94. The second kappa shape index (κ2) is 8.75. The summed E-state index contributed by atoms with van der Waals surface area (Å²) in [6.07, 6.45) is -3.97. The first-order valence-corrected chi connectivity index (χ1v) is 10.5. The molecule has 3 aromatic carbocycles. The van der Waals surface area contributed by atoms with Crippen LogP contribution in [0.5, 0.6) is 0 Å². The van der Waals surface area contributed by atoms with Gasteiger partial charge in [0, 0.05) is 17.7 Å². The van der Waals surface area contributed by atoms with Crippen LogP contribution < -0.4 is 0 Å². The second-order valence-electron chi connectivity index (χ2n) is 7.90. The summed E-state index contributed by atoms with van der Waals surface area (Å²) in [7, 11) is 0. The number of fused-ring (bicyclic) bond motifs is 1. The number of aliphatic hydroxyl groups excluding tert-OH is 1. The molecule has 0 fully saturated rings. The molecule has 1 aromatic heterocycles. The number of carbonyl (C=O) groups is 1. The summed E-state index contributed by atoms with van der Waals surface area (Å²) in [5, 5.41) is 18.2. The highest BCUT2D eigenvalue weighted by Crippen LogP contribution is 2.40. The van der Waals surface area contributed by atoms with Gasteiger partial charge in [0.25, 0.3) is 11.8 Å². The minimum Gasteiger partial charge on any atom is -0.415 e. The molecule has 6 nitrogen and oxygen atoms in total. The van der Waals surface area contributed by atoms with Crippen molar-refractivity contribution >= 4 is 5.91 Å². The molecule has 1 N–H and O–H groups in total. The molecule has 0 saturated heterocycles. The molecule has 0 spiro atoms. The Kier molecular flexibility index (Phi) is 5.62. The Labute approximate surface area is 192 Å². The van der Waals surface area contributed by atoms with E-state index < -0.39 is 30.3 Å². The van der Waals surface area contributed by atoms with Crippen LogP contribution in [0.2, 0.25) is 0 Å². The standard InChI is InChI=1S/C25H18F3N3O3/c26-18-10-8-14(9-11-18)20(21(32)15-4-2-1-3-5-15)31-13-17-7-6-16(12-19(17)25(31)33)23-29-30-24(34-23)22(27)28/h1-12,20-22,32H,13H2/t20-,21+/m1/s1. The second-order valence-corrected chi connectivity index (χ2v) is 7.90. The van der Waals surface area contributed by atoms with E-state index in [9.17, 15) is 23.1 Å². The van der Waals surface area contributed by atoms with Crippen molar-refractivity contribution in [1.29, 1.82) is 0 Å². The highest BCUT2D eigenvalue weighted by atomic mass is 19.3. The smallest absolute Gasteiger partial charge is 0.314 e. The number of aliphatic hydroxyl groups is 1. The van der Waals surface area contributed by atoms with E-state index in [0.29, 0.717) is 27.8 Å². The average molecular weight is 465 g/mol. The van der Waals surface area contributed by atoms with Gasteiger partial charge < -0.3 is 14.4 Å². The van der Waals surface area contributed by atoms with Crippen molar-refractivity contribution in [3.63, 3.8) is 0 Å². The molecule has 0 aliphatic carbocycles. The Morgan fingerprint density at radius 1 is 0.941 bits per heavy atom. The number of benzene rings is 3. The molecule has 1 aliphatic rings. The molecule has 0 radical (unpaired) electrons. The summed E-state index contributed by atoms with van der Waals surface area (Å²) in [6, 6.07) is 18.5. The molecule has 0 unspecified atom stereocenters. The van der Waals surface area contributed by atoms with Crippen LogP contribution in [0.4, 0.5) is 13.2 Å². The number of rotatable bonds is 6. The molecule has 2 atom stereocenters. The predicted molar refractivity (Wildman–Crippen MR) is 115 cm³/mol. The molecular weight excluding hydrogens is 447 g/mol. The quantitative estimate of drug-likeness (QED) is 0.421. The third-order valence-electron chi connectivity index (χ3n) is 5.80. The SMILES string of the molecule is O=C1c2cc(-c3nnc(C(F)F)o3)ccc2CN1[C@H](c1ccc(F)cc1)[C@@H](O)c1ccccc1. The van der Waals surface area contributed by atoms with Gasteiger partial charge in [-0.15, -0.1) is 10.2 Å². The highest BCUT2D eigenvalue weighted by molar-refractivity contribution is 5.99. The molecule has 172 valence electrons. The lowest BCUT2D eigenvalue weighted by Gasteiger charge is -2.32. The summed E-state index contributed by atoms with van der Waals surface area (Å²) in [5.41, 5.74) is 2.52. The number of aromatic nitrogens is 2. The minimum absolute atomic E-state index is 0.122. The van der Waals surface area contributed by atoms with Crippen LogP contribution in [0.3, 0.4) is 0 Å². The van der Waals surface area contributed by atoms with Crippen LogP contribution in [0.15, 0.2) is 77.2 Å². The number of hydrogen-bond acceptors (Lipinski definition) is 5. The maximum absolute atomic E-state index is 13.6. The van der Waals surface area contributed by atoms with E-state index in [2.05, 4.69) is 10.2 Å². The predicted octanol–water partition coefficient (Wildman–Crippen LogP) is 5.24. The lowest BCUT2D eigenvalue weighted by molar-refractivity contribution is 0.0360. The molecule has 0 saturated carbocycles. The molecular formula is C25H18F3N3O3. The van der Waals surface area contributed by atoms with Gasteiger partial charge >= 0.3 is 6.43 Å². The summed E-state index contributed by atoms with van der Waals surface area (Å²) in [4.78, 5) is 15.0. The Bertz CT molecular complexity index is 1330. The van der Waals surface area contributed by atoms with Crippen LogP contribution in [-0.4, -0.2) is 26.1 Å². The van der Waals surface area contributed by atoms with E-state index in [1.807, 2.05) is 6.07 Å². The monoisotopic (exact) mass is 465 g/mol. The van der Waals surface area contributed by atoms with Gasteiger partial charge in [0.05, 0.1) is 6.04 Å². The van der Waals surface area contributed by atoms with Gasteiger partial charge in [-0.3, -0.25) is 4.79 Å². The van der Waals surface area contributed by atoms with Crippen molar-refractivity contribution in [3.8, 4) is 11.5 Å². The molecule has 5 rings (SSSR count). The molecule has 9 heteroatoms. The zero-order valence-electron chi connectivity index (χ0n) is 17.6. The number of alkyl halides is 2. The summed E-state index contributed by atoms with van der Waals surface area (Å²) in [6.45, 7) is 0.201. The third kappa shape index (κ3) is 3.94. The largest absolute Gasteiger partial charge is 0.415 e. The van der Waals surface area contributed by atoms with Gasteiger partial charge in [0.1, 0.15) is 11.9 Å². The fraction of sp³-hybridized carbons (Fsp3) is 0.160. The normalized spacial score (nSPS) is 15.0. The maximum atomic E-state index is 13.6. The first kappa shape index (κ1) is 21.8. The van der Waals surface area contributed by atoms with Crippen molar-refractivity contribution in [3.05, 3.63) is 107 Å². The number of carbonyl (C=O) groups excluding carboxylic acids is 1. The molecule has 34 heavy (non-hydrogen) atoms. The van der Waals surface area contributed by atoms with E-state index >= 15 is 0 Å². The van der Waals surface area contributed by atoms with Gasteiger partial charge in [-0.05, 0) is 41.0 Å². The Balaban J connectivity index is 1.51. The van der Waals surface area contributed by atoms with Crippen molar-refractivity contribution in [2.75, 3.05) is 0 Å². The zero-order chi connectivity index (χ0) is 23.8. The molecule has 4 aromatic rings. The maximum Gasteiger partial charge on any atom is 0.314 e. The average Bonchev–Trinajstić information content (AvgIpc) is 3.47. The van der Waals surface area contributed by atoms with Crippen molar-refractivity contribution < 1.29 is 27.5 Å². The van der Waals surface area contributed by atoms with Gasteiger partial charge in [0.15, 0.2) is 0 Å². The fourth-order valence-electron chi connectivity index (χ4n) is 4.15. The summed E-state index contributed by atoms with van der Waals surface area (Å²) in [5.74, 6) is -1.72. The molecule has 1 aliphatic heterocycles. The Morgan fingerprint density at radius 2 is 1.68 bits per heavy atom. The van der Waals surface area contributed by atoms with Gasteiger partial charge in [0.2, 0.25) is 5.89 Å². The van der Waals surface area contributed by atoms with Crippen LogP contribution >= 0.6 is 0 Å². The van der Waals surface area contributed by atoms with Crippen LogP contribution in [-0.2, 0) is 6.54 Å². The third-order valence-corrected chi connectivity index (χ3v) is 5.80. The number of amides is 1. The van der Waals surface area contributed by atoms with E-state index in [-0.39, 0.29) is 18.3 Å². The van der Waals surface area contributed by atoms with Crippen molar-refractivity contribution in [2.45, 2.75) is 25.1 Å². The topological polar surface area (TPSA) is 79.5 Å². The molecule has 2 heterocycles. The van der Waals surface area contributed by atoms with E-state index in [1.54, 1.807) is 36.4 Å². The van der Waals surface area contributed by atoms with Crippen LogP contribution in [0, 0.1) is 5.82 Å². The van der Waals surface area contributed by atoms with E-state index in [1.165, 1.54) is 35.2 Å². The summed E-state index contributed by atoms with van der Waals surface area (Å²) < 4.78 is 44.2. The highest BCUT2D eigenvalue weighted by Gasteiger charge is 2.38. The van der Waals surface area contributed by atoms with E-state index in [4.69, 9.17) is 4.42 Å². The van der Waals surface area contributed by atoms with Crippen molar-refractivity contribution in [2.24, 2.45) is 0 Å². The van der Waals surface area contributed by atoms with Gasteiger partial charge in [-0.1, -0.05) is 48.5 Å². The first-order valence-electron chi connectivity index (χ1n) is 10.5. The van der Waals surface area contributed by atoms with Gasteiger partial charge in [-0.2, -0.15) is 8.78 Å². The minimum atomic E-state index is -2.90. The number of halogens is 3. The fourth-order valence-corrected chi connectivity index (χ4v) is 4.15. The summed E-state index contributed by atoms with van der Waals surface area (Å²) >= 11 is 0. The van der Waals surface area contributed by atoms with Crippen molar-refractivity contribution in [1.82, 2.24) is 15.1 Å². The zero-order valence-corrected chi connectivity index (χ0v) is 17.6. The molecule has 0 bridgehead atoms. The first-order chi connectivity index (χ1) is 16.4. The Hall–Kier alpha value is -3.98.